The van der Waals surface area contributed by atoms with Crippen molar-refractivity contribution in [2.75, 3.05) is 31.2 Å². The maximum absolute atomic E-state index is 11.8. The zero-order chi connectivity index (χ0) is 28.3. The van der Waals surface area contributed by atoms with Gasteiger partial charge < -0.3 is 26.8 Å². The van der Waals surface area contributed by atoms with Crippen molar-refractivity contribution >= 4 is 42.2 Å². The number of amides is 1. The minimum Gasteiger partial charge on any atom is -0.466 e. The van der Waals surface area contributed by atoms with Gasteiger partial charge in [-0.05, 0) is 56.3 Å². The van der Waals surface area contributed by atoms with E-state index in [4.69, 9.17) is 21.9 Å². The van der Waals surface area contributed by atoms with Crippen LogP contribution in [0.4, 0.5) is 11.6 Å². The summed E-state index contributed by atoms with van der Waals surface area (Å²) in [6.07, 6.45) is 9.41. The summed E-state index contributed by atoms with van der Waals surface area (Å²) in [6.45, 7) is 8.56. The average Bonchev–Trinajstić information content (AvgIpc) is 3.25. The van der Waals surface area contributed by atoms with Crippen LogP contribution in [0.5, 0.6) is 0 Å². The molecule has 0 spiro atoms. The van der Waals surface area contributed by atoms with Crippen molar-refractivity contribution in [2.45, 2.75) is 65.8 Å². The van der Waals surface area contributed by atoms with E-state index < -0.39 is 0 Å². The van der Waals surface area contributed by atoms with E-state index in [1.807, 2.05) is 24.0 Å². The van der Waals surface area contributed by atoms with Gasteiger partial charge in [0.15, 0.2) is 6.29 Å². The molecule has 10 nitrogen and oxygen atoms in total. The number of anilines is 2. The Balaban J connectivity index is 0.000000580. The molecule has 2 atom stereocenters. The van der Waals surface area contributed by atoms with Gasteiger partial charge in [0, 0.05) is 43.9 Å². The highest BCUT2D eigenvalue weighted by molar-refractivity contribution is 5.85. The molecule has 218 valence electrons. The number of carbonyl (C=O) groups is 3. The van der Waals surface area contributed by atoms with Gasteiger partial charge in [0.25, 0.3) is 0 Å². The molecule has 0 aliphatic carbocycles. The number of rotatable bonds is 11. The summed E-state index contributed by atoms with van der Waals surface area (Å²) in [5, 5.41) is 0. The van der Waals surface area contributed by atoms with E-state index >= 15 is 0 Å². The van der Waals surface area contributed by atoms with Crippen molar-refractivity contribution in [3.63, 3.8) is 0 Å². The van der Waals surface area contributed by atoms with Crippen LogP contribution in [-0.2, 0) is 20.9 Å². The van der Waals surface area contributed by atoms with Crippen LogP contribution >= 0.6 is 12.4 Å². The molecule has 1 aliphatic rings. The van der Waals surface area contributed by atoms with Crippen molar-refractivity contribution < 1.29 is 19.1 Å². The van der Waals surface area contributed by atoms with E-state index in [1.54, 1.807) is 24.5 Å². The second-order valence-corrected chi connectivity index (χ2v) is 9.18. The normalized spacial score (nSPS) is 14.6. The third kappa shape index (κ3) is 13.9. The number of nitrogens with two attached hydrogens (primary N) is 3. The molecule has 11 heteroatoms. The first-order chi connectivity index (χ1) is 18.3. The molecule has 3 rings (SSSR count). The number of ether oxygens (including phenoxy) is 1. The first-order valence-corrected chi connectivity index (χ1v) is 13.3. The van der Waals surface area contributed by atoms with Crippen molar-refractivity contribution in [3.05, 3.63) is 47.8 Å². The molecule has 1 saturated heterocycles. The van der Waals surface area contributed by atoms with Gasteiger partial charge in [-0.3, -0.25) is 14.4 Å². The molecule has 1 fully saturated rings. The maximum atomic E-state index is 11.8. The van der Waals surface area contributed by atoms with Crippen LogP contribution in [-0.4, -0.2) is 52.7 Å². The summed E-state index contributed by atoms with van der Waals surface area (Å²) in [5.74, 6) is 1.75. The van der Waals surface area contributed by atoms with E-state index in [9.17, 15) is 14.4 Å². The number of aldehydes is 1. The summed E-state index contributed by atoms with van der Waals surface area (Å²) in [7, 11) is 0. The number of carbonyl (C=O) groups excluding carboxylic acids is 3. The van der Waals surface area contributed by atoms with Crippen molar-refractivity contribution in [3.8, 4) is 0 Å². The Morgan fingerprint density at radius 2 is 1.79 bits per heavy atom. The maximum Gasteiger partial charge on any atom is 0.306 e. The number of aromatic nitrogens is 2. The molecule has 0 radical (unpaired) electrons. The van der Waals surface area contributed by atoms with Crippen LogP contribution in [0.15, 0.2) is 36.7 Å². The lowest BCUT2D eigenvalue weighted by Gasteiger charge is -2.17. The second-order valence-electron chi connectivity index (χ2n) is 9.18. The van der Waals surface area contributed by atoms with Gasteiger partial charge >= 0.3 is 5.97 Å². The highest BCUT2D eigenvalue weighted by atomic mass is 35.5. The summed E-state index contributed by atoms with van der Waals surface area (Å²) >= 11 is 0. The summed E-state index contributed by atoms with van der Waals surface area (Å²) in [6, 6.07) is 7.08. The van der Waals surface area contributed by atoms with Crippen LogP contribution in [0.25, 0.3) is 0 Å². The lowest BCUT2D eigenvalue weighted by molar-refractivity contribution is -0.144. The monoisotopic (exact) mass is 564 g/mol. The Morgan fingerprint density at radius 3 is 2.31 bits per heavy atom. The summed E-state index contributed by atoms with van der Waals surface area (Å²) in [5.41, 5.74) is 18.0. The molecule has 0 bridgehead atoms. The molecule has 1 aliphatic heterocycles. The molecule has 2 aromatic rings. The van der Waals surface area contributed by atoms with Crippen molar-refractivity contribution in [1.29, 1.82) is 0 Å². The number of nitrogen functional groups attached to an aromatic ring is 2. The standard InChI is InChI=1S/C13H19N3O.C9H19NO2.C6H6N2O.ClH/c1-2-4-10-7-12(17)16(8-10)9-11-5-3-6-15-13(11)14;1-3-5-8(7-10)6-9(11)12-4-2;7-6-5(4-9)2-1-3-8-6;/h3,5-6,10H,2,4,7-9H2,1H3,(H2,14,15);8H,3-7,10H2,1-2H3;1-4H,(H2,7,8);1H. The molecule has 39 heavy (non-hydrogen) atoms. The van der Waals surface area contributed by atoms with E-state index in [1.165, 1.54) is 0 Å². The fourth-order valence-corrected chi connectivity index (χ4v) is 4.10. The third-order valence-electron chi connectivity index (χ3n) is 6.07. The molecule has 2 aromatic heterocycles. The fourth-order valence-electron chi connectivity index (χ4n) is 4.10. The van der Waals surface area contributed by atoms with E-state index in [2.05, 4.69) is 23.8 Å². The Labute approximate surface area is 238 Å². The van der Waals surface area contributed by atoms with Crippen LogP contribution < -0.4 is 17.2 Å². The number of hydrogen-bond donors (Lipinski definition) is 3. The SMILES string of the molecule is CCCC(CN)CC(=O)OCC.CCCC1CC(=O)N(Cc2cccnc2N)C1.Cl.Nc1ncccc1C=O. The van der Waals surface area contributed by atoms with Gasteiger partial charge in [-0.1, -0.05) is 32.8 Å². The van der Waals surface area contributed by atoms with Crippen LogP contribution in [0.2, 0.25) is 0 Å². The fraction of sp³-hybridized carbons (Fsp3) is 0.536. The quantitative estimate of drug-likeness (QED) is 0.269. The average molecular weight is 565 g/mol. The predicted molar refractivity (Wildman–Crippen MR) is 157 cm³/mol. The highest BCUT2D eigenvalue weighted by Gasteiger charge is 2.29. The highest BCUT2D eigenvalue weighted by Crippen LogP contribution is 2.24. The number of likely N-dealkylation sites (tertiary alicyclic amines) is 1. The molecule has 0 aromatic carbocycles. The van der Waals surface area contributed by atoms with Crippen LogP contribution in [0.1, 0.15) is 75.2 Å². The molecule has 3 heterocycles. The lowest BCUT2D eigenvalue weighted by atomic mass is 10.0. The van der Waals surface area contributed by atoms with E-state index in [0.717, 1.165) is 37.8 Å². The summed E-state index contributed by atoms with van der Waals surface area (Å²) in [4.78, 5) is 42.6. The Kier molecular flexibility index (Phi) is 19.0. The third-order valence-corrected chi connectivity index (χ3v) is 6.07. The molecule has 0 saturated carbocycles. The molecule has 1 amide bonds. The minimum atomic E-state index is -0.124. The van der Waals surface area contributed by atoms with Crippen LogP contribution in [0.3, 0.4) is 0 Å². The van der Waals surface area contributed by atoms with Gasteiger partial charge in [-0.15, -0.1) is 12.4 Å². The number of hydrogen-bond acceptors (Lipinski definition) is 9. The van der Waals surface area contributed by atoms with Gasteiger partial charge in [0.05, 0.1) is 12.2 Å². The van der Waals surface area contributed by atoms with Gasteiger partial charge in [0.2, 0.25) is 5.91 Å². The van der Waals surface area contributed by atoms with Crippen molar-refractivity contribution in [2.24, 2.45) is 17.6 Å². The number of esters is 1. The molecular weight excluding hydrogens is 520 g/mol. The Morgan fingerprint density at radius 1 is 1.13 bits per heavy atom. The Bertz CT molecular complexity index is 994. The molecular formula is C28H45ClN6O4. The zero-order valence-corrected chi connectivity index (χ0v) is 24.2. The van der Waals surface area contributed by atoms with Gasteiger partial charge in [-0.25, -0.2) is 9.97 Å². The zero-order valence-electron chi connectivity index (χ0n) is 23.4. The number of pyridine rings is 2. The van der Waals surface area contributed by atoms with Crippen LogP contribution in [0, 0.1) is 11.8 Å². The predicted octanol–water partition coefficient (Wildman–Crippen LogP) is 4.03. The second kappa shape index (κ2) is 20.7. The van der Waals surface area contributed by atoms with E-state index in [-0.39, 0.29) is 30.1 Å². The molecule has 2 unspecified atom stereocenters. The molecule has 6 N–H and O–H groups in total. The topological polar surface area (TPSA) is 168 Å². The smallest absolute Gasteiger partial charge is 0.306 e. The lowest BCUT2D eigenvalue weighted by Crippen LogP contribution is -2.25. The number of nitrogens with zero attached hydrogens (tertiary/aromatic N) is 3. The first-order valence-electron chi connectivity index (χ1n) is 13.3. The van der Waals surface area contributed by atoms with Gasteiger partial charge in [0.1, 0.15) is 11.6 Å². The van der Waals surface area contributed by atoms with Crippen molar-refractivity contribution in [1.82, 2.24) is 14.9 Å². The number of halogens is 1. The van der Waals surface area contributed by atoms with E-state index in [0.29, 0.717) is 62.0 Å². The largest absolute Gasteiger partial charge is 0.466 e. The first kappa shape index (κ1) is 35.8. The Hall–Kier alpha value is -3.24. The minimum absolute atomic E-state index is 0. The summed E-state index contributed by atoms with van der Waals surface area (Å²) < 4.78 is 4.83. The van der Waals surface area contributed by atoms with Gasteiger partial charge in [-0.2, -0.15) is 0 Å².